The summed E-state index contributed by atoms with van der Waals surface area (Å²) in [6.45, 7) is -1.31. The lowest BCUT2D eigenvalue weighted by molar-refractivity contribution is -0.108. The summed E-state index contributed by atoms with van der Waals surface area (Å²) in [6.07, 6.45) is -0.867. The van der Waals surface area contributed by atoms with Crippen molar-refractivity contribution in [2.45, 2.75) is 12.0 Å². The van der Waals surface area contributed by atoms with Crippen molar-refractivity contribution in [2.24, 2.45) is 0 Å². The molecule has 1 unspecified atom stereocenters. The molecular weight excluding hydrogens is 496 g/mol. The molecule has 13 heteroatoms. The van der Waals surface area contributed by atoms with Crippen LogP contribution in [-0.2, 0) is 0 Å². The van der Waals surface area contributed by atoms with Crippen LogP contribution >= 0.6 is 23.2 Å². The van der Waals surface area contributed by atoms with Gasteiger partial charge in [0.05, 0.1) is 22.8 Å². The quantitative estimate of drug-likeness (QED) is 0.338. The second-order valence-electron chi connectivity index (χ2n) is 7.20. The largest absolute Gasteiger partial charge is 0.380 e. The van der Waals surface area contributed by atoms with Gasteiger partial charge in [-0.05, 0) is 42.0 Å². The van der Waals surface area contributed by atoms with Gasteiger partial charge in [-0.2, -0.15) is 4.98 Å². The number of nitrogens with two attached hydrogens (primary N) is 1. The summed E-state index contributed by atoms with van der Waals surface area (Å²) in [7, 11) is 0. The average molecular weight is 511 g/mol. The number of nitrogens with one attached hydrogen (secondary N) is 1. The predicted octanol–water partition coefficient (Wildman–Crippen LogP) is 3.92. The van der Waals surface area contributed by atoms with Gasteiger partial charge in [0.15, 0.2) is 11.8 Å². The Morgan fingerprint density at radius 2 is 1.97 bits per heavy atom. The van der Waals surface area contributed by atoms with Crippen molar-refractivity contribution in [3.05, 3.63) is 75.9 Å². The van der Waals surface area contributed by atoms with Crippen LogP contribution in [0.15, 0.2) is 48.7 Å². The second-order valence-corrected chi connectivity index (χ2v) is 8.00. The molecule has 8 nitrogen and oxygen atoms in total. The maximum atomic E-state index is 15.3. The molecule has 0 spiro atoms. The Balaban J connectivity index is 1.58. The highest BCUT2D eigenvalue weighted by Gasteiger charge is 2.41. The predicted molar refractivity (Wildman–Crippen MR) is 119 cm³/mol. The van der Waals surface area contributed by atoms with E-state index < -0.39 is 35.9 Å². The molecule has 0 aliphatic heterocycles. The van der Waals surface area contributed by atoms with E-state index in [0.717, 1.165) is 6.07 Å². The fourth-order valence-electron chi connectivity index (χ4n) is 3.23. The highest BCUT2D eigenvalue weighted by molar-refractivity contribution is 6.34. The van der Waals surface area contributed by atoms with Crippen molar-refractivity contribution in [1.29, 1.82) is 0 Å². The van der Waals surface area contributed by atoms with E-state index in [4.69, 9.17) is 28.9 Å². The van der Waals surface area contributed by atoms with E-state index in [9.17, 15) is 18.7 Å². The molecule has 3 heterocycles. The fourth-order valence-corrected chi connectivity index (χ4v) is 3.63. The van der Waals surface area contributed by atoms with Crippen LogP contribution in [0, 0.1) is 5.82 Å². The number of hydrogen-bond acceptors (Lipinski definition) is 6. The van der Waals surface area contributed by atoms with E-state index in [0.29, 0.717) is 11.2 Å². The van der Waals surface area contributed by atoms with Gasteiger partial charge in [-0.25, -0.2) is 22.7 Å². The van der Waals surface area contributed by atoms with Crippen LogP contribution in [0.2, 0.25) is 10.2 Å². The highest BCUT2D eigenvalue weighted by atomic mass is 35.5. The molecule has 1 aromatic carbocycles. The summed E-state index contributed by atoms with van der Waals surface area (Å²) in [6, 6.07) is 9.45. The molecule has 176 valence electrons. The first-order chi connectivity index (χ1) is 16.1. The minimum absolute atomic E-state index is 0.0184. The Kier molecular flexibility index (Phi) is 6.34. The third-order valence-electron chi connectivity index (χ3n) is 4.88. The Bertz CT molecular complexity index is 1400. The molecule has 0 fully saturated rings. The Morgan fingerprint density at radius 3 is 2.71 bits per heavy atom. The molecule has 1 atom stereocenters. The number of carbonyl (C=O) groups excluding carboxylic acids is 1. The van der Waals surface area contributed by atoms with E-state index in [1.54, 1.807) is 0 Å². The molecule has 34 heavy (non-hydrogen) atoms. The van der Waals surface area contributed by atoms with Gasteiger partial charge >= 0.3 is 0 Å². The van der Waals surface area contributed by atoms with Crippen molar-refractivity contribution >= 4 is 40.7 Å². The third kappa shape index (κ3) is 4.63. The van der Waals surface area contributed by atoms with Crippen molar-refractivity contribution in [3.8, 4) is 11.1 Å². The normalized spacial score (nSPS) is 12.6. The number of pyridine rings is 2. The van der Waals surface area contributed by atoms with Gasteiger partial charge in [0, 0.05) is 11.8 Å². The first-order valence-electron chi connectivity index (χ1n) is 9.63. The average Bonchev–Trinajstić information content (AvgIpc) is 3.16. The molecule has 4 rings (SSSR count). The van der Waals surface area contributed by atoms with Crippen molar-refractivity contribution < 1.29 is 23.1 Å². The Morgan fingerprint density at radius 1 is 1.21 bits per heavy atom. The summed E-state index contributed by atoms with van der Waals surface area (Å²) in [5.74, 6) is -6.04. The number of rotatable bonds is 6. The number of nitrogen functional groups attached to an aromatic ring is 1. The highest BCUT2D eigenvalue weighted by Crippen LogP contribution is 2.32. The summed E-state index contributed by atoms with van der Waals surface area (Å²) < 4.78 is 45.7. The van der Waals surface area contributed by atoms with Gasteiger partial charge < -0.3 is 16.2 Å². The van der Waals surface area contributed by atoms with Crippen LogP contribution < -0.4 is 11.1 Å². The molecule has 0 aliphatic carbocycles. The van der Waals surface area contributed by atoms with Crippen molar-refractivity contribution in [3.63, 3.8) is 0 Å². The number of nitrogens with zero attached hydrogens (tertiary/aromatic N) is 4. The van der Waals surface area contributed by atoms with Gasteiger partial charge in [-0.3, -0.25) is 4.79 Å². The first kappa shape index (κ1) is 23.7. The lowest BCUT2D eigenvalue weighted by Gasteiger charge is -2.23. The fraction of sp³-hybridized carbons (Fsp3) is 0.143. The smallest absolute Gasteiger partial charge is 0.295 e. The number of alkyl halides is 2. The summed E-state index contributed by atoms with van der Waals surface area (Å²) in [5, 5.41) is 15.5. The number of benzene rings is 1. The zero-order chi connectivity index (χ0) is 24.6. The first-order valence-corrected chi connectivity index (χ1v) is 10.4. The number of halogens is 5. The van der Waals surface area contributed by atoms with E-state index >= 15 is 4.39 Å². The molecular formula is C21H15Cl2F3N6O2. The number of carbonyl (C=O) groups is 1. The maximum Gasteiger partial charge on any atom is 0.295 e. The Labute approximate surface area is 200 Å². The standard InChI is InChI=1S/C21H15Cl2F3N6O2/c22-12-5-4-11(10-6-7-32-15(8-10)30-20(27)31-32)17(24)16(12)19(34)28-9-21(25,26)18(33)13-2-1-3-14(23)29-13/h1-8,18,33H,9H2,(H2,27,31)(H,28,34). The SMILES string of the molecule is Nc1nc2cc(-c3ccc(Cl)c(C(=O)NCC(F)(F)C(O)c4cccc(Cl)n4)c3F)ccn2n1. The van der Waals surface area contributed by atoms with E-state index in [-0.39, 0.29) is 27.4 Å². The lowest BCUT2D eigenvalue weighted by atomic mass is 10.0. The summed E-state index contributed by atoms with van der Waals surface area (Å²) >= 11 is 11.7. The molecule has 0 bridgehead atoms. The van der Waals surface area contributed by atoms with Crippen LogP contribution in [0.3, 0.4) is 0 Å². The number of aromatic nitrogens is 4. The van der Waals surface area contributed by atoms with Gasteiger partial charge in [0.1, 0.15) is 11.0 Å². The lowest BCUT2D eigenvalue weighted by Crippen LogP contribution is -2.41. The zero-order valence-corrected chi connectivity index (χ0v) is 18.5. The minimum atomic E-state index is -3.84. The van der Waals surface area contributed by atoms with Crippen LogP contribution in [0.25, 0.3) is 16.8 Å². The van der Waals surface area contributed by atoms with Gasteiger partial charge in [-0.15, -0.1) is 5.10 Å². The Hall–Kier alpha value is -3.41. The van der Waals surface area contributed by atoms with Crippen LogP contribution in [-0.4, -0.2) is 43.1 Å². The van der Waals surface area contributed by atoms with Gasteiger partial charge in [0.2, 0.25) is 5.95 Å². The number of amides is 1. The van der Waals surface area contributed by atoms with E-state index in [1.165, 1.54) is 47.1 Å². The molecule has 0 radical (unpaired) electrons. The maximum absolute atomic E-state index is 15.3. The van der Waals surface area contributed by atoms with E-state index in [2.05, 4.69) is 15.1 Å². The number of aliphatic hydroxyl groups excluding tert-OH is 1. The molecule has 0 saturated heterocycles. The topological polar surface area (TPSA) is 118 Å². The molecule has 0 aliphatic rings. The third-order valence-corrected chi connectivity index (χ3v) is 5.41. The van der Waals surface area contributed by atoms with Gasteiger partial charge in [-0.1, -0.05) is 29.3 Å². The monoisotopic (exact) mass is 510 g/mol. The molecule has 3 aromatic heterocycles. The van der Waals surface area contributed by atoms with Crippen LogP contribution in [0.5, 0.6) is 0 Å². The van der Waals surface area contributed by atoms with Crippen molar-refractivity contribution in [1.82, 2.24) is 24.9 Å². The number of anilines is 1. The molecule has 4 N–H and O–H groups in total. The minimum Gasteiger partial charge on any atom is -0.380 e. The number of hydrogen-bond donors (Lipinski definition) is 3. The van der Waals surface area contributed by atoms with E-state index in [1.807, 2.05) is 5.32 Å². The second kappa shape index (κ2) is 9.09. The molecule has 1 amide bonds. The number of fused-ring (bicyclic) bond motifs is 1. The zero-order valence-electron chi connectivity index (χ0n) is 17.0. The van der Waals surface area contributed by atoms with Gasteiger partial charge in [0.25, 0.3) is 11.8 Å². The van der Waals surface area contributed by atoms with Crippen LogP contribution in [0.1, 0.15) is 22.2 Å². The van der Waals surface area contributed by atoms with Crippen LogP contribution in [0.4, 0.5) is 19.1 Å². The summed E-state index contributed by atoms with van der Waals surface area (Å²) in [5.41, 5.74) is 5.17. The molecule has 4 aromatic rings. The molecule has 0 saturated carbocycles. The number of aliphatic hydroxyl groups is 1. The summed E-state index contributed by atoms with van der Waals surface area (Å²) in [4.78, 5) is 20.2. The van der Waals surface area contributed by atoms with Crippen molar-refractivity contribution in [2.75, 3.05) is 12.3 Å².